The number of fused-ring (bicyclic) bond motifs is 1. The molecule has 1 heterocycles. The van der Waals surface area contributed by atoms with E-state index in [4.69, 9.17) is 16.6 Å². The van der Waals surface area contributed by atoms with Gasteiger partial charge in [-0.15, -0.1) is 0 Å². The molecule has 9 heteroatoms. The number of aromatic nitrogens is 2. The zero-order valence-electron chi connectivity index (χ0n) is 17.4. The molecule has 1 aliphatic rings. The van der Waals surface area contributed by atoms with Crippen LogP contribution in [0.5, 0.6) is 0 Å². The van der Waals surface area contributed by atoms with Crippen LogP contribution < -0.4 is 5.56 Å². The Morgan fingerprint density at radius 1 is 1.16 bits per heavy atom. The van der Waals surface area contributed by atoms with Gasteiger partial charge in [0.05, 0.1) is 15.8 Å². The maximum atomic E-state index is 13.3. The van der Waals surface area contributed by atoms with E-state index in [1.54, 1.807) is 36.4 Å². The van der Waals surface area contributed by atoms with E-state index in [2.05, 4.69) is 0 Å². The Morgan fingerprint density at radius 2 is 1.90 bits per heavy atom. The lowest BCUT2D eigenvalue weighted by atomic mass is 10.2. The van der Waals surface area contributed by atoms with Gasteiger partial charge in [0.2, 0.25) is 10.0 Å². The summed E-state index contributed by atoms with van der Waals surface area (Å²) in [5, 5.41) is 1.75. The SMILES string of the molecule is CN(C)S(=O)(=O)c1cccc(CSc2nc3cc(Cl)ccc3c(=O)n2C2CCCC2)c1. The van der Waals surface area contributed by atoms with Crippen LogP contribution in [0, 0.1) is 0 Å². The molecule has 0 spiro atoms. The molecule has 2 aromatic carbocycles. The number of benzene rings is 2. The first-order valence-electron chi connectivity index (χ1n) is 10.1. The Labute approximate surface area is 191 Å². The van der Waals surface area contributed by atoms with Gasteiger partial charge < -0.3 is 0 Å². The van der Waals surface area contributed by atoms with Gasteiger partial charge in [-0.05, 0) is 48.7 Å². The normalized spacial score (nSPS) is 15.2. The summed E-state index contributed by atoms with van der Waals surface area (Å²) in [7, 11) is -0.475. The van der Waals surface area contributed by atoms with Crippen LogP contribution in [0.1, 0.15) is 37.3 Å². The Bertz CT molecular complexity index is 1280. The summed E-state index contributed by atoms with van der Waals surface area (Å²) in [6, 6.07) is 12.2. The van der Waals surface area contributed by atoms with Gasteiger partial charge in [0.1, 0.15) is 0 Å². The highest BCUT2D eigenvalue weighted by Crippen LogP contribution is 2.33. The maximum absolute atomic E-state index is 13.3. The van der Waals surface area contributed by atoms with Gasteiger partial charge in [-0.3, -0.25) is 9.36 Å². The quantitative estimate of drug-likeness (QED) is 0.380. The van der Waals surface area contributed by atoms with E-state index >= 15 is 0 Å². The minimum absolute atomic E-state index is 0.0417. The highest BCUT2D eigenvalue weighted by molar-refractivity contribution is 7.98. The number of halogens is 1. The van der Waals surface area contributed by atoms with Crippen molar-refractivity contribution >= 4 is 44.3 Å². The van der Waals surface area contributed by atoms with Gasteiger partial charge in [-0.25, -0.2) is 17.7 Å². The number of thioether (sulfide) groups is 1. The average Bonchev–Trinajstić information content (AvgIpc) is 3.26. The second kappa shape index (κ2) is 8.94. The van der Waals surface area contributed by atoms with Crippen molar-refractivity contribution < 1.29 is 8.42 Å². The monoisotopic (exact) mass is 477 g/mol. The fourth-order valence-electron chi connectivity index (χ4n) is 3.89. The van der Waals surface area contributed by atoms with Crippen LogP contribution >= 0.6 is 23.4 Å². The van der Waals surface area contributed by atoms with Crippen LogP contribution in [0.3, 0.4) is 0 Å². The summed E-state index contributed by atoms with van der Waals surface area (Å²) >= 11 is 7.58. The minimum Gasteiger partial charge on any atom is -0.284 e. The highest BCUT2D eigenvalue weighted by Gasteiger charge is 2.23. The molecule has 0 bridgehead atoms. The lowest BCUT2D eigenvalue weighted by molar-refractivity contribution is 0.457. The van der Waals surface area contributed by atoms with Gasteiger partial charge >= 0.3 is 0 Å². The molecule has 0 atom stereocenters. The first kappa shape index (κ1) is 22.3. The Kier molecular flexibility index (Phi) is 6.44. The van der Waals surface area contributed by atoms with Crippen LogP contribution in [-0.2, 0) is 15.8 Å². The third-order valence-corrected chi connectivity index (χ3v) is 8.64. The topological polar surface area (TPSA) is 72.3 Å². The van der Waals surface area contributed by atoms with E-state index in [0.717, 1.165) is 31.2 Å². The van der Waals surface area contributed by atoms with E-state index in [0.29, 0.717) is 26.8 Å². The molecule has 0 aliphatic heterocycles. The van der Waals surface area contributed by atoms with Crippen molar-refractivity contribution in [2.24, 2.45) is 0 Å². The van der Waals surface area contributed by atoms with Crippen molar-refractivity contribution in [3.8, 4) is 0 Å². The van der Waals surface area contributed by atoms with Gasteiger partial charge in [0.25, 0.3) is 5.56 Å². The molecule has 0 amide bonds. The van der Waals surface area contributed by atoms with Crippen LogP contribution in [-0.4, -0.2) is 36.4 Å². The fraction of sp³-hybridized carbons (Fsp3) is 0.364. The second-order valence-electron chi connectivity index (χ2n) is 7.89. The molecule has 31 heavy (non-hydrogen) atoms. The number of sulfonamides is 1. The molecule has 6 nitrogen and oxygen atoms in total. The van der Waals surface area contributed by atoms with Crippen molar-refractivity contribution in [2.45, 2.75) is 47.5 Å². The molecule has 1 fully saturated rings. The summed E-state index contributed by atoms with van der Waals surface area (Å²) in [5.74, 6) is 0.502. The van der Waals surface area contributed by atoms with E-state index < -0.39 is 10.0 Å². The summed E-state index contributed by atoms with van der Waals surface area (Å²) in [6.45, 7) is 0. The van der Waals surface area contributed by atoms with E-state index in [-0.39, 0.29) is 16.5 Å². The van der Waals surface area contributed by atoms with Gasteiger partial charge in [-0.1, -0.05) is 48.3 Å². The smallest absolute Gasteiger partial charge is 0.262 e. The Balaban J connectivity index is 1.71. The maximum Gasteiger partial charge on any atom is 0.262 e. The molecular formula is C22H24ClN3O3S2. The average molecular weight is 478 g/mol. The highest BCUT2D eigenvalue weighted by atomic mass is 35.5. The molecule has 0 radical (unpaired) electrons. The molecule has 3 aromatic rings. The molecular weight excluding hydrogens is 454 g/mol. The zero-order chi connectivity index (χ0) is 22.2. The third-order valence-electron chi connectivity index (χ3n) is 5.57. The predicted molar refractivity (Wildman–Crippen MR) is 125 cm³/mol. The van der Waals surface area contributed by atoms with Crippen molar-refractivity contribution in [2.75, 3.05) is 14.1 Å². The molecule has 1 aromatic heterocycles. The largest absolute Gasteiger partial charge is 0.284 e. The molecule has 164 valence electrons. The van der Waals surface area contributed by atoms with Crippen LogP contribution in [0.15, 0.2) is 57.3 Å². The lowest BCUT2D eigenvalue weighted by Crippen LogP contribution is -2.26. The first-order valence-corrected chi connectivity index (χ1v) is 12.9. The predicted octanol–water partition coefficient (Wildman–Crippen LogP) is 4.71. The lowest BCUT2D eigenvalue weighted by Gasteiger charge is -2.19. The van der Waals surface area contributed by atoms with Crippen LogP contribution in [0.2, 0.25) is 5.02 Å². The van der Waals surface area contributed by atoms with Gasteiger partial charge in [0, 0.05) is 30.9 Å². The molecule has 4 rings (SSSR count). The summed E-state index contributed by atoms with van der Waals surface area (Å²) < 4.78 is 27.9. The number of hydrogen-bond donors (Lipinski definition) is 0. The summed E-state index contributed by atoms with van der Waals surface area (Å²) in [5.41, 5.74) is 1.39. The Morgan fingerprint density at radius 3 is 2.61 bits per heavy atom. The number of nitrogens with zero attached hydrogens (tertiary/aromatic N) is 3. The number of rotatable bonds is 6. The third kappa shape index (κ3) is 4.53. The zero-order valence-corrected chi connectivity index (χ0v) is 19.8. The van der Waals surface area contributed by atoms with E-state index in [1.165, 1.54) is 30.2 Å². The molecule has 0 saturated heterocycles. The van der Waals surface area contributed by atoms with Crippen molar-refractivity contribution in [3.05, 3.63) is 63.4 Å². The van der Waals surface area contributed by atoms with Crippen LogP contribution in [0.4, 0.5) is 0 Å². The molecule has 0 unspecified atom stereocenters. The standard InChI is InChI=1S/C22H24ClN3O3S2/c1-25(2)31(28,29)18-9-5-6-15(12-18)14-30-22-24-20-13-16(23)10-11-19(20)21(27)26(22)17-7-3-4-8-17/h5-6,9-13,17H,3-4,7-8,14H2,1-2H3. The number of hydrogen-bond acceptors (Lipinski definition) is 5. The van der Waals surface area contributed by atoms with Gasteiger partial charge in [-0.2, -0.15) is 0 Å². The molecule has 1 aliphatic carbocycles. The van der Waals surface area contributed by atoms with Crippen molar-refractivity contribution in [1.29, 1.82) is 0 Å². The summed E-state index contributed by atoms with van der Waals surface area (Å²) in [6.07, 6.45) is 4.13. The van der Waals surface area contributed by atoms with Crippen molar-refractivity contribution in [1.82, 2.24) is 13.9 Å². The van der Waals surface area contributed by atoms with Crippen LogP contribution in [0.25, 0.3) is 10.9 Å². The molecule has 0 N–H and O–H groups in total. The molecule has 1 saturated carbocycles. The van der Waals surface area contributed by atoms with E-state index in [9.17, 15) is 13.2 Å². The first-order chi connectivity index (χ1) is 14.8. The minimum atomic E-state index is -3.51. The van der Waals surface area contributed by atoms with Gasteiger partial charge in [0.15, 0.2) is 5.16 Å². The fourth-order valence-corrected chi connectivity index (χ4v) is 6.04. The summed E-state index contributed by atoms with van der Waals surface area (Å²) in [4.78, 5) is 18.3. The Hall–Kier alpha value is -1.87. The van der Waals surface area contributed by atoms with Crippen molar-refractivity contribution in [3.63, 3.8) is 0 Å². The van der Waals surface area contributed by atoms with E-state index in [1.807, 2.05) is 10.6 Å². The second-order valence-corrected chi connectivity index (χ2v) is 11.4.